The van der Waals surface area contributed by atoms with Gasteiger partial charge in [-0.15, -0.1) is 0 Å². The second-order valence-corrected chi connectivity index (χ2v) is 11.2. The summed E-state index contributed by atoms with van der Waals surface area (Å²) in [6, 6.07) is 11.8. The number of carbonyl (C=O) groups is 1. The maximum absolute atomic E-state index is 14.3. The van der Waals surface area contributed by atoms with Crippen LogP contribution in [0.4, 0.5) is 0 Å². The number of fused-ring (bicyclic) bond motifs is 1. The summed E-state index contributed by atoms with van der Waals surface area (Å²) in [6.45, 7) is 9.53. The average molecular weight is 450 g/mol. The fourth-order valence-electron chi connectivity index (χ4n) is 7.24. The van der Waals surface area contributed by atoms with E-state index < -0.39 is 0 Å². The van der Waals surface area contributed by atoms with Gasteiger partial charge in [0, 0.05) is 29.4 Å². The molecule has 2 saturated carbocycles. The summed E-state index contributed by atoms with van der Waals surface area (Å²) in [4.78, 5) is 18.9. The number of rotatable bonds is 6. The molecule has 0 radical (unpaired) electrons. The first-order valence-corrected chi connectivity index (χ1v) is 12.4. The Kier molecular flexibility index (Phi) is 6.57. The molecule has 0 spiro atoms. The van der Waals surface area contributed by atoms with Gasteiger partial charge in [-0.2, -0.15) is 0 Å². The summed E-state index contributed by atoms with van der Waals surface area (Å²) < 4.78 is 11.0. The van der Waals surface area contributed by atoms with Gasteiger partial charge in [-0.25, -0.2) is 0 Å². The van der Waals surface area contributed by atoms with Crippen molar-refractivity contribution in [2.45, 2.75) is 59.8 Å². The van der Waals surface area contributed by atoms with Gasteiger partial charge in [-0.05, 0) is 78.5 Å². The lowest BCUT2D eigenvalue weighted by atomic mass is 9.43. The molecule has 0 N–H and O–H groups in total. The number of ether oxygens (including phenoxy) is 2. The Hall–Kier alpha value is -2.36. The van der Waals surface area contributed by atoms with Crippen LogP contribution in [0.15, 0.2) is 42.6 Å². The van der Waals surface area contributed by atoms with Gasteiger partial charge in [-0.3, -0.25) is 9.78 Å². The third-order valence-electron chi connectivity index (χ3n) is 8.91. The standard InChI is InChI=1S/C29H39NO3/c1-19-20(14-22-10-7-8-13-30-22)17-25-28(2,3)11-9-12-29(25,4)26(19)27(31)21-15-23(32-5)18-24(16-21)33-6/h7-8,10,13,15-16,18-20,25-26H,9,11-12,14,17H2,1-6H3/t19-,20?,25?,26-,29+/m1/s1. The molecule has 2 aromatic rings. The number of pyridine rings is 1. The van der Waals surface area contributed by atoms with Gasteiger partial charge in [0.05, 0.1) is 14.2 Å². The number of Topliss-reactive ketones (excluding diaryl/α,β-unsaturated/α-hetero) is 1. The number of benzene rings is 1. The minimum Gasteiger partial charge on any atom is -0.497 e. The summed E-state index contributed by atoms with van der Waals surface area (Å²) in [5, 5.41) is 0. The Morgan fingerprint density at radius 1 is 1.06 bits per heavy atom. The van der Waals surface area contributed by atoms with E-state index in [-0.39, 0.29) is 28.4 Å². The van der Waals surface area contributed by atoms with E-state index in [0.29, 0.717) is 28.9 Å². The van der Waals surface area contributed by atoms with E-state index in [2.05, 4.69) is 44.8 Å². The van der Waals surface area contributed by atoms with Crippen LogP contribution in [0.2, 0.25) is 0 Å². The summed E-state index contributed by atoms with van der Waals surface area (Å²) in [5.74, 6) is 2.72. The minimum absolute atomic E-state index is 0.0187. The average Bonchev–Trinajstić information content (AvgIpc) is 2.80. The predicted octanol–water partition coefficient (Wildman–Crippen LogP) is 6.63. The van der Waals surface area contributed by atoms with Crippen molar-refractivity contribution in [1.82, 2.24) is 4.98 Å². The summed E-state index contributed by atoms with van der Waals surface area (Å²) >= 11 is 0. The Morgan fingerprint density at radius 2 is 1.76 bits per heavy atom. The molecule has 5 atom stereocenters. The van der Waals surface area contributed by atoms with E-state index in [1.807, 2.05) is 30.5 Å². The molecule has 2 fully saturated rings. The number of nitrogens with zero attached hydrogens (tertiary/aromatic N) is 1. The number of carbonyl (C=O) groups excluding carboxylic acids is 1. The molecule has 178 valence electrons. The van der Waals surface area contributed by atoms with Gasteiger partial charge in [0.1, 0.15) is 11.5 Å². The quantitative estimate of drug-likeness (QED) is 0.465. The van der Waals surface area contributed by atoms with Gasteiger partial charge in [0.15, 0.2) is 5.78 Å². The Labute approximate surface area is 199 Å². The lowest BCUT2D eigenvalue weighted by molar-refractivity contribution is -0.101. The highest BCUT2D eigenvalue weighted by Crippen LogP contribution is 2.63. The van der Waals surface area contributed by atoms with Crippen molar-refractivity contribution in [3.05, 3.63) is 53.9 Å². The van der Waals surface area contributed by atoms with Crippen molar-refractivity contribution >= 4 is 5.78 Å². The summed E-state index contributed by atoms with van der Waals surface area (Å²) in [7, 11) is 3.27. The first-order valence-electron chi connectivity index (χ1n) is 12.4. The molecule has 0 bridgehead atoms. The summed E-state index contributed by atoms with van der Waals surface area (Å²) in [6.07, 6.45) is 7.49. The molecule has 0 aliphatic heterocycles. The lowest BCUT2D eigenvalue weighted by Crippen LogP contribution is -2.56. The van der Waals surface area contributed by atoms with E-state index in [1.54, 1.807) is 14.2 Å². The SMILES string of the molecule is COc1cc(OC)cc(C(=O)[C@H]2[C@H](C)C(Cc3ccccn3)CC3C(C)(C)CCC[C@@]32C)c1. The Balaban J connectivity index is 1.76. The fourth-order valence-corrected chi connectivity index (χ4v) is 7.24. The molecule has 2 unspecified atom stereocenters. The highest BCUT2D eigenvalue weighted by molar-refractivity contribution is 5.99. The van der Waals surface area contributed by atoms with Gasteiger partial charge in [0.25, 0.3) is 0 Å². The zero-order chi connectivity index (χ0) is 23.8. The molecular weight excluding hydrogens is 410 g/mol. The van der Waals surface area contributed by atoms with Gasteiger partial charge < -0.3 is 9.47 Å². The van der Waals surface area contributed by atoms with E-state index in [9.17, 15) is 4.79 Å². The van der Waals surface area contributed by atoms with Crippen LogP contribution < -0.4 is 9.47 Å². The van der Waals surface area contributed by atoms with Gasteiger partial charge >= 0.3 is 0 Å². The van der Waals surface area contributed by atoms with E-state index in [4.69, 9.17) is 9.47 Å². The first kappa shape index (κ1) is 23.8. The molecule has 0 saturated heterocycles. The van der Waals surface area contributed by atoms with Crippen LogP contribution in [0.5, 0.6) is 11.5 Å². The molecule has 4 heteroatoms. The van der Waals surface area contributed by atoms with Crippen LogP contribution in [0, 0.1) is 34.5 Å². The second kappa shape index (κ2) is 9.12. The molecule has 1 heterocycles. The van der Waals surface area contributed by atoms with Crippen molar-refractivity contribution in [2.24, 2.45) is 34.5 Å². The highest BCUT2D eigenvalue weighted by atomic mass is 16.5. The Morgan fingerprint density at radius 3 is 2.36 bits per heavy atom. The van der Waals surface area contributed by atoms with Crippen molar-refractivity contribution in [1.29, 1.82) is 0 Å². The third-order valence-corrected chi connectivity index (χ3v) is 8.91. The molecule has 2 aliphatic rings. The van der Waals surface area contributed by atoms with E-state index in [1.165, 1.54) is 12.8 Å². The molecule has 2 aliphatic carbocycles. The molecule has 4 rings (SSSR count). The van der Waals surface area contributed by atoms with Gasteiger partial charge in [0.2, 0.25) is 0 Å². The van der Waals surface area contributed by atoms with Crippen LogP contribution in [0.3, 0.4) is 0 Å². The van der Waals surface area contributed by atoms with Crippen LogP contribution in [0.25, 0.3) is 0 Å². The maximum Gasteiger partial charge on any atom is 0.167 e. The number of ketones is 1. The normalized spacial score (nSPS) is 30.8. The third kappa shape index (κ3) is 4.41. The van der Waals surface area contributed by atoms with Crippen molar-refractivity contribution in [3.63, 3.8) is 0 Å². The molecule has 0 amide bonds. The van der Waals surface area contributed by atoms with Gasteiger partial charge in [-0.1, -0.05) is 40.2 Å². The highest BCUT2D eigenvalue weighted by Gasteiger charge is 2.58. The van der Waals surface area contributed by atoms with E-state index >= 15 is 0 Å². The van der Waals surface area contributed by atoms with E-state index in [0.717, 1.165) is 25.0 Å². The molecule has 4 nitrogen and oxygen atoms in total. The molecule has 1 aromatic carbocycles. The van der Waals surface area contributed by atoms with Crippen LogP contribution in [-0.4, -0.2) is 25.0 Å². The molecular formula is C29H39NO3. The number of methoxy groups -OCH3 is 2. The zero-order valence-electron chi connectivity index (χ0n) is 21.1. The Bertz CT molecular complexity index is 963. The topological polar surface area (TPSA) is 48.4 Å². The second-order valence-electron chi connectivity index (χ2n) is 11.2. The fraction of sp³-hybridized carbons (Fsp3) is 0.586. The van der Waals surface area contributed by atoms with Crippen molar-refractivity contribution < 1.29 is 14.3 Å². The minimum atomic E-state index is -0.0404. The number of aromatic nitrogens is 1. The maximum atomic E-state index is 14.3. The number of hydrogen-bond donors (Lipinski definition) is 0. The predicted molar refractivity (Wildman–Crippen MR) is 132 cm³/mol. The number of hydrogen-bond acceptors (Lipinski definition) is 4. The van der Waals surface area contributed by atoms with Crippen molar-refractivity contribution in [2.75, 3.05) is 14.2 Å². The van der Waals surface area contributed by atoms with Crippen molar-refractivity contribution in [3.8, 4) is 11.5 Å². The van der Waals surface area contributed by atoms with Crippen LogP contribution in [0.1, 0.15) is 69.4 Å². The largest absolute Gasteiger partial charge is 0.497 e. The smallest absolute Gasteiger partial charge is 0.167 e. The lowest BCUT2D eigenvalue weighted by Gasteiger charge is -2.60. The zero-order valence-corrected chi connectivity index (χ0v) is 21.1. The van der Waals surface area contributed by atoms with Crippen LogP contribution >= 0.6 is 0 Å². The summed E-state index contributed by atoms with van der Waals surface area (Å²) in [5.41, 5.74) is 2.03. The van der Waals surface area contributed by atoms with Crippen LogP contribution in [-0.2, 0) is 6.42 Å². The monoisotopic (exact) mass is 449 g/mol. The molecule has 33 heavy (non-hydrogen) atoms. The molecule has 1 aromatic heterocycles. The first-order chi connectivity index (χ1) is 15.7.